The van der Waals surface area contributed by atoms with Crippen LogP contribution in [0.5, 0.6) is 5.75 Å². The highest BCUT2D eigenvalue weighted by Gasteiger charge is 2.35. The molecule has 92 valence electrons. The topological polar surface area (TPSA) is 79.2 Å². The van der Waals surface area contributed by atoms with E-state index in [9.17, 15) is 17.2 Å². The van der Waals surface area contributed by atoms with Gasteiger partial charge in [0, 0.05) is 6.92 Å². The van der Waals surface area contributed by atoms with Crippen LogP contribution < -0.4 is 9.46 Å². The molecule has 1 aromatic carbocycles. The molecule has 2 N–H and O–H groups in total. The second-order valence-corrected chi connectivity index (χ2v) is 5.17. The maximum Gasteiger partial charge on any atom is 0.394 e. The van der Waals surface area contributed by atoms with Gasteiger partial charge in [-0.25, -0.2) is 8.42 Å². The van der Waals surface area contributed by atoms with E-state index >= 15 is 0 Å². The number of rotatable bonds is 2. The number of ether oxygens (including phenoxy) is 1. The van der Waals surface area contributed by atoms with Crippen LogP contribution >= 0.6 is 0 Å². The quantitative estimate of drug-likeness (QED) is 0.843. The molecule has 8 heteroatoms. The van der Waals surface area contributed by atoms with Crippen LogP contribution in [0.4, 0.5) is 8.78 Å². The highest BCUT2D eigenvalue weighted by atomic mass is 32.2. The van der Waals surface area contributed by atoms with Crippen molar-refractivity contribution in [2.45, 2.75) is 17.9 Å². The summed E-state index contributed by atoms with van der Waals surface area (Å²) < 4.78 is 54.7. The van der Waals surface area contributed by atoms with Crippen molar-refractivity contribution in [3.05, 3.63) is 23.8 Å². The summed E-state index contributed by atoms with van der Waals surface area (Å²) in [6, 6.07) is 3.69. The Morgan fingerprint density at radius 3 is 2.65 bits per heavy atom. The van der Waals surface area contributed by atoms with Crippen molar-refractivity contribution in [3.63, 3.8) is 0 Å². The van der Waals surface area contributed by atoms with Gasteiger partial charge >= 0.3 is 6.11 Å². The minimum Gasteiger partial charge on any atom is -0.432 e. The monoisotopic (exact) mass is 262 g/mol. The van der Waals surface area contributed by atoms with E-state index in [0.29, 0.717) is 6.92 Å². The lowest BCUT2D eigenvalue weighted by molar-refractivity contribution is -0.159. The summed E-state index contributed by atoms with van der Waals surface area (Å²) in [5.41, 5.74) is -0.172. The zero-order valence-electron chi connectivity index (χ0n) is 8.62. The summed E-state index contributed by atoms with van der Waals surface area (Å²) in [5, 5.41) is 7.42. The highest BCUT2D eigenvalue weighted by Crippen LogP contribution is 2.33. The van der Waals surface area contributed by atoms with Crippen molar-refractivity contribution < 1.29 is 21.9 Å². The van der Waals surface area contributed by atoms with Crippen LogP contribution in [0.1, 0.15) is 12.5 Å². The first kappa shape index (κ1) is 11.8. The smallest absolute Gasteiger partial charge is 0.394 e. The third kappa shape index (κ3) is 2.07. The number of amidine groups is 1. The molecule has 0 unspecified atom stereocenters. The number of fused-ring (bicyclic) bond motifs is 1. The van der Waals surface area contributed by atoms with Crippen molar-refractivity contribution in [2.75, 3.05) is 0 Å². The predicted molar refractivity (Wildman–Crippen MR) is 54.8 cm³/mol. The molecule has 0 saturated heterocycles. The summed E-state index contributed by atoms with van der Waals surface area (Å²) in [6.07, 6.45) is -3.44. The number of benzene rings is 1. The summed E-state index contributed by atoms with van der Waals surface area (Å²) in [5.74, 6) is -0.812. The third-order valence-corrected chi connectivity index (χ3v) is 3.45. The minimum absolute atomic E-state index is 0.172. The first-order valence-corrected chi connectivity index (χ1v) is 6.00. The Kier molecular flexibility index (Phi) is 2.35. The molecular weight excluding hydrogens is 254 g/mol. The van der Waals surface area contributed by atoms with Crippen LogP contribution in [0.2, 0.25) is 0 Å². The molecule has 0 aliphatic carbocycles. The van der Waals surface area contributed by atoms with Crippen LogP contribution in [-0.2, 0) is 10.0 Å². The van der Waals surface area contributed by atoms with E-state index in [-0.39, 0.29) is 16.2 Å². The molecule has 1 heterocycles. The van der Waals surface area contributed by atoms with Gasteiger partial charge in [0.2, 0.25) is 0 Å². The average molecular weight is 262 g/mol. The Morgan fingerprint density at radius 2 is 2.06 bits per heavy atom. The molecule has 0 saturated carbocycles. The Labute approximate surface area is 96.0 Å². The number of hydrogen-bond donors (Lipinski definition) is 2. The fraction of sp³-hybridized carbons (Fsp3) is 0.222. The summed E-state index contributed by atoms with van der Waals surface area (Å²) in [4.78, 5) is -0.232. The molecule has 0 radical (unpaired) electrons. The van der Waals surface area contributed by atoms with Crippen LogP contribution in [0.3, 0.4) is 0 Å². The van der Waals surface area contributed by atoms with Gasteiger partial charge in [-0.05, 0) is 12.1 Å². The fourth-order valence-electron chi connectivity index (χ4n) is 1.50. The van der Waals surface area contributed by atoms with Gasteiger partial charge < -0.3 is 4.74 Å². The highest BCUT2D eigenvalue weighted by molar-refractivity contribution is 7.90. The lowest BCUT2D eigenvalue weighted by Gasteiger charge is -2.14. The van der Waals surface area contributed by atoms with Gasteiger partial charge in [-0.15, -0.1) is 0 Å². The normalized spacial score (nSPS) is 17.5. The SMILES string of the molecule is CC(F)(F)Oc1cccc2c1C(=N)NS2(=O)=O. The molecule has 0 fully saturated rings. The van der Waals surface area contributed by atoms with Crippen molar-refractivity contribution in [1.29, 1.82) is 5.41 Å². The number of sulfonamides is 1. The van der Waals surface area contributed by atoms with Crippen LogP contribution in [0, 0.1) is 5.41 Å². The summed E-state index contributed by atoms with van der Waals surface area (Å²) >= 11 is 0. The number of hydrogen-bond acceptors (Lipinski definition) is 4. The van der Waals surface area contributed by atoms with E-state index in [4.69, 9.17) is 5.41 Å². The standard InChI is InChI=1S/C9H8F2N2O3S/c1-9(10,11)16-5-3-2-4-6-7(5)8(12)13-17(6,14)15/h2-4H,1H3,(H2,12,13). The first-order valence-electron chi connectivity index (χ1n) is 4.52. The number of nitrogens with one attached hydrogen (secondary N) is 2. The van der Waals surface area contributed by atoms with Gasteiger partial charge in [-0.2, -0.15) is 8.78 Å². The molecule has 0 bridgehead atoms. The molecule has 5 nitrogen and oxygen atoms in total. The van der Waals surface area contributed by atoms with Crippen molar-refractivity contribution in [1.82, 2.24) is 4.72 Å². The molecule has 0 spiro atoms. The van der Waals surface area contributed by atoms with Gasteiger partial charge in [-0.3, -0.25) is 10.1 Å². The fourth-order valence-corrected chi connectivity index (χ4v) is 2.71. The van der Waals surface area contributed by atoms with Crippen molar-refractivity contribution >= 4 is 15.9 Å². The molecular formula is C9H8F2N2O3S. The molecule has 0 atom stereocenters. The van der Waals surface area contributed by atoms with Crippen LogP contribution in [-0.4, -0.2) is 20.4 Å². The van der Waals surface area contributed by atoms with E-state index in [1.807, 2.05) is 4.72 Å². The van der Waals surface area contributed by atoms with E-state index in [1.54, 1.807) is 0 Å². The van der Waals surface area contributed by atoms with Crippen molar-refractivity contribution in [3.8, 4) is 5.75 Å². The number of alkyl halides is 2. The molecule has 0 amide bonds. The largest absolute Gasteiger partial charge is 0.432 e. The molecule has 0 aromatic heterocycles. The Balaban J connectivity index is 2.60. The minimum atomic E-state index is -3.83. The Bertz CT molecular complexity index is 593. The Hall–Kier alpha value is -1.70. The van der Waals surface area contributed by atoms with Crippen molar-refractivity contribution in [2.24, 2.45) is 0 Å². The lowest BCUT2D eigenvalue weighted by atomic mass is 10.2. The van der Waals surface area contributed by atoms with Gasteiger partial charge in [0.05, 0.1) is 5.56 Å². The van der Waals surface area contributed by atoms with Gasteiger partial charge in [0.25, 0.3) is 10.0 Å². The van der Waals surface area contributed by atoms with E-state index in [0.717, 1.165) is 0 Å². The van der Waals surface area contributed by atoms with E-state index in [1.165, 1.54) is 18.2 Å². The zero-order valence-corrected chi connectivity index (χ0v) is 9.44. The average Bonchev–Trinajstić information content (AvgIpc) is 2.35. The predicted octanol–water partition coefficient (Wildman–Crippen LogP) is 1.30. The van der Waals surface area contributed by atoms with Gasteiger partial charge in [-0.1, -0.05) is 6.07 Å². The van der Waals surface area contributed by atoms with Crippen LogP contribution in [0.25, 0.3) is 0 Å². The Morgan fingerprint density at radius 1 is 1.41 bits per heavy atom. The summed E-state index contributed by atoms with van der Waals surface area (Å²) in [7, 11) is -3.83. The molecule has 2 rings (SSSR count). The van der Waals surface area contributed by atoms with Gasteiger partial charge in [0.15, 0.2) is 0 Å². The molecule has 1 aliphatic rings. The van der Waals surface area contributed by atoms with E-state index in [2.05, 4.69) is 4.74 Å². The van der Waals surface area contributed by atoms with E-state index < -0.39 is 22.0 Å². The number of halogens is 2. The second-order valence-electron chi connectivity index (χ2n) is 3.52. The molecule has 17 heavy (non-hydrogen) atoms. The zero-order chi connectivity index (χ0) is 12.8. The molecule has 1 aliphatic heterocycles. The summed E-state index contributed by atoms with van der Waals surface area (Å²) in [6.45, 7) is 0.535. The van der Waals surface area contributed by atoms with Gasteiger partial charge in [0.1, 0.15) is 16.5 Å². The maximum absolute atomic E-state index is 12.7. The first-order chi connectivity index (χ1) is 7.71. The maximum atomic E-state index is 12.7. The van der Waals surface area contributed by atoms with Crippen LogP contribution in [0.15, 0.2) is 23.1 Å². The lowest BCUT2D eigenvalue weighted by Crippen LogP contribution is -2.22. The third-order valence-electron chi connectivity index (χ3n) is 2.05. The molecule has 1 aromatic rings. The second kappa shape index (κ2) is 3.39.